The highest BCUT2D eigenvalue weighted by atomic mass is 19.3. The molecule has 3 aromatic carbocycles. The van der Waals surface area contributed by atoms with Crippen molar-refractivity contribution in [2.45, 2.75) is 62.1 Å². The number of halogens is 4. The lowest BCUT2D eigenvalue weighted by Crippen LogP contribution is -2.51. The fraction of sp³-hybridized carbons (Fsp3) is 0.444. The number of fused-ring (bicyclic) bond motifs is 5. The van der Waals surface area contributed by atoms with E-state index in [2.05, 4.69) is 21.1 Å². The van der Waals surface area contributed by atoms with Gasteiger partial charge in [0.1, 0.15) is 23.8 Å². The zero-order chi connectivity index (χ0) is 33.9. The van der Waals surface area contributed by atoms with Crippen LogP contribution in [0.5, 0.6) is 6.01 Å². The summed E-state index contributed by atoms with van der Waals surface area (Å²) in [5.74, 6) is -1.77. The van der Waals surface area contributed by atoms with Crippen molar-refractivity contribution in [2.24, 2.45) is 5.41 Å². The Bertz CT molecular complexity index is 2130. The van der Waals surface area contributed by atoms with E-state index in [1.165, 1.54) is 24.3 Å². The molecule has 1 saturated carbocycles. The Morgan fingerprint density at radius 3 is 2.61 bits per heavy atom. The van der Waals surface area contributed by atoms with Crippen molar-refractivity contribution < 1.29 is 27.2 Å². The number of nitrogens with zero attached hydrogens (tertiary/aromatic N) is 5. The molecule has 1 aliphatic carbocycles. The second kappa shape index (κ2) is 10.5. The fourth-order valence-corrected chi connectivity index (χ4v) is 9.21. The van der Waals surface area contributed by atoms with Gasteiger partial charge in [0.15, 0.2) is 5.82 Å². The second-order valence-electron chi connectivity index (χ2n) is 14.5. The number of alkyl halides is 2. The third-order valence-electron chi connectivity index (χ3n) is 11.6. The van der Waals surface area contributed by atoms with Crippen LogP contribution in [0.25, 0.3) is 32.8 Å². The molecular weight excluding hydrogens is 640 g/mol. The molecule has 5 heterocycles. The SMILES string of the molecule is C#Cc1c(F)ccc2cccc(-c3c([N+](=O)[O-])cc4c(N5C[C@H]6CC[C@@H](C5)N6)nc(OC[C@@]56CCCN5C[C@@]5(CC5(F)F)C6)nc4c3F)c12. The molecule has 4 saturated heterocycles. The van der Waals surface area contributed by atoms with Crippen molar-refractivity contribution in [3.8, 4) is 29.5 Å². The van der Waals surface area contributed by atoms with Crippen molar-refractivity contribution in [1.82, 2.24) is 20.2 Å². The number of nitrogens with one attached hydrogen (secondary N) is 1. The maximum absolute atomic E-state index is 17.2. The Morgan fingerprint density at radius 2 is 1.90 bits per heavy atom. The number of aromatic nitrogens is 2. The zero-order valence-electron chi connectivity index (χ0n) is 26.4. The molecule has 1 spiro atoms. The van der Waals surface area contributed by atoms with Crippen LogP contribution in [0, 0.1) is 39.5 Å². The predicted molar refractivity (Wildman–Crippen MR) is 175 cm³/mol. The predicted octanol–water partition coefficient (Wildman–Crippen LogP) is 6.20. The minimum atomic E-state index is -2.70. The summed E-state index contributed by atoms with van der Waals surface area (Å²) in [7, 11) is 0. The molecule has 4 aliphatic heterocycles. The van der Waals surface area contributed by atoms with E-state index in [4.69, 9.17) is 16.1 Å². The zero-order valence-corrected chi connectivity index (χ0v) is 26.4. The van der Waals surface area contributed by atoms with Crippen LogP contribution in [0.2, 0.25) is 0 Å². The maximum Gasteiger partial charge on any atom is 0.319 e. The van der Waals surface area contributed by atoms with Crippen molar-refractivity contribution >= 4 is 33.2 Å². The monoisotopic (exact) mass is 672 g/mol. The van der Waals surface area contributed by atoms with Gasteiger partial charge < -0.3 is 15.0 Å². The molecular formula is C36H32F4N6O3. The Balaban J connectivity index is 1.21. The number of nitro groups is 1. The van der Waals surface area contributed by atoms with Crippen molar-refractivity contribution in [2.75, 3.05) is 37.7 Å². The summed E-state index contributed by atoms with van der Waals surface area (Å²) in [6, 6.07) is 8.92. The molecule has 9 nitrogen and oxygen atoms in total. The largest absolute Gasteiger partial charge is 0.461 e. The lowest BCUT2D eigenvalue weighted by molar-refractivity contribution is -0.384. The first-order valence-corrected chi connectivity index (χ1v) is 16.6. The summed E-state index contributed by atoms with van der Waals surface area (Å²) in [6.07, 6.45) is 9.29. The van der Waals surface area contributed by atoms with E-state index in [0.717, 1.165) is 19.3 Å². The number of hydrogen-bond donors (Lipinski definition) is 1. The van der Waals surface area contributed by atoms with Gasteiger partial charge in [-0.2, -0.15) is 9.97 Å². The number of benzene rings is 3. The van der Waals surface area contributed by atoms with E-state index in [-0.39, 0.29) is 64.1 Å². The van der Waals surface area contributed by atoms with E-state index in [0.29, 0.717) is 50.2 Å². The number of terminal acetylenes is 1. The number of hydrogen-bond acceptors (Lipinski definition) is 8. The minimum absolute atomic E-state index is 0.0537. The molecule has 4 atom stereocenters. The summed E-state index contributed by atoms with van der Waals surface area (Å²) in [5.41, 5.74) is -2.84. The van der Waals surface area contributed by atoms with Gasteiger partial charge in [0.25, 0.3) is 11.6 Å². The van der Waals surface area contributed by atoms with Crippen LogP contribution < -0.4 is 15.0 Å². The van der Waals surface area contributed by atoms with Crippen LogP contribution in [-0.2, 0) is 0 Å². The van der Waals surface area contributed by atoms with Gasteiger partial charge in [-0.25, -0.2) is 17.6 Å². The number of ether oxygens (including phenoxy) is 1. The third-order valence-corrected chi connectivity index (χ3v) is 11.6. The summed E-state index contributed by atoms with van der Waals surface area (Å²) in [5, 5.41) is 17.0. The van der Waals surface area contributed by atoms with Crippen molar-refractivity contribution in [3.05, 3.63) is 63.7 Å². The lowest BCUT2D eigenvalue weighted by atomic mass is 9.89. The molecule has 1 N–H and O–H groups in total. The standard InChI is InChI=1S/C36H32F4N6O3/c1-2-23-26(37)10-7-20-5-3-6-24(28(20)23)29-27(46(47)48)13-25-31(30(29)38)42-33(43-32(25)44-14-21-8-9-22(15-44)41-21)49-19-35-11-4-12-45(35)18-34(16-35)17-36(34,39)40/h1,3,5-7,10,13,21-22,41H,4,8-9,11-12,14-19H2/t21-,22+,34-,35-/m0/s1. The van der Waals surface area contributed by atoms with Gasteiger partial charge in [0, 0.05) is 55.2 Å². The topological polar surface area (TPSA) is 96.7 Å². The summed E-state index contributed by atoms with van der Waals surface area (Å²) in [6.45, 7) is 2.15. The molecule has 1 aromatic heterocycles. The molecule has 9 rings (SSSR count). The first kappa shape index (κ1) is 30.5. The van der Waals surface area contributed by atoms with Gasteiger partial charge in [-0.1, -0.05) is 30.2 Å². The highest BCUT2D eigenvalue weighted by Gasteiger charge is 2.77. The van der Waals surface area contributed by atoms with Crippen LogP contribution in [0.1, 0.15) is 44.1 Å². The maximum atomic E-state index is 17.2. The van der Waals surface area contributed by atoms with Gasteiger partial charge in [-0.05, 0) is 50.1 Å². The van der Waals surface area contributed by atoms with Crippen LogP contribution in [0.3, 0.4) is 0 Å². The molecule has 4 aromatic rings. The average Bonchev–Trinajstić information content (AvgIpc) is 3.40. The number of nitro benzene ring substituents is 1. The van der Waals surface area contributed by atoms with Crippen LogP contribution in [0.4, 0.5) is 29.1 Å². The van der Waals surface area contributed by atoms with E-state index in [1.807, 2.05) is 4.90 Å². The Labute approximate surface area is 278 Å². The summed E-state index contributed by atoms with van der Waals surface area (Å²) < 4.78 is 67.4. The highest BCUT2D eigenvalue weighted by Crippen LogP contribution is 2.69. The van der Waals surface area contributed by atoms with Gasteiger partial charge in [-0.3, -0.25) is 15.0 Å². The second-order valence-corrected chi connectivity index (χ2v) is 14.5. The van der Waals surface area contributed by atoms with E-state index < -0.39 is 39.1 Å². The first-order valence-electron chi connectivity index (χ1n) is 16.6. The van der Waals surface area contributed by atoms with Crippen molar-refractivity contribution in [1.29, 1.82) is 0 Å². The van der Waals surface area contributed by atoms with Crippen LogP contribution >= 0.6 is 0 Å². The molecule has 252 valence electrons. The molecule has 13 heteroatoms. The van der Waals surface area contributed by atoms with Crippen molar-refractivity contribution in [3.63, 3.8) is 0 Å². The molecule has 0 amide bonds. The number of rotatable bonds is 6. The molecule has 0 unspecified atom stereocenters. The van der Waals surface area contributed by atoms with Gasteiger partial charge in [0.05, 0.1) is 32.4 Å². The molecule has 2 bridgehead atoms. The smallest absolute Gasteiger partial charge is 0.319 e. The minimum Gasteiger partial charge on any atom is -0.461 e. The van der Waals surface area contributed by atoms with E-state index in [1.54, 1.807) is 12.1 Å². The Kier molecular flexibility index (Phi) is 6.53. The molecule has 5 aliphatic rings. The van der Waals surface area contributed by atoms with E-state index >= 15 is 4.39 Å². The van der Waals surface area contributed by atoms with Gasteiger partial charge >= 0.3 is 6.01 Å². The van der Waals surface area contributed by atoms with Gasteiger partial charge in [-0.15, -0.1) is 6.42 Å². The number of anilines is 1. The fourth-order valence-electron chi connectivity index (χ4n) is 9.21. The summed E-state index contributed by atoms with van der Waals surface area (Å²) in [4.78, 5) is 25.3. The van der Waals surface area contributed by atoms with Crippen LogP contribution in [0.15, 0.2) is 36.4 Å². The Hall–Kier alpha value is -4.54. The number of piperazine rings is 1. The quantitative estimate of drug-likeness (QED) is 0.112. The summed E-state index contributed by atoms with van der Waals surface area (Å²) >= 11 is 0. The Morgan fingerprint density at radius 1 is 1.12 bits per heavy atom. The van der Waals surface area contributed by atoms with E-state index in [9.17, 15) is 23.3 Å². The lowest BCUT2D eigenvalue weighted by Gasteiger charge is -2.34. The first-order chi connectivity index (χ1) is 23.5. The molecule has 0 radical (unpaired) electrons. The molecule has 5 fully saturated rings. The molecule has 49 heavy (non-hydrogen) atoms. The third kappa shape index (κ3) is 4.53. The van der Waals surface area contributed by atoms with Gasteiger partial charge in [0.2, 0.25) is 0 Å². The normalized spacial score (nSPS) is 28.3. The average molecular weight is 673 g/mol. The highest BCUT2D eigenvalue weighted by molar-refractivity contribution is 6.06. The van der Waals surface area contributed by atoms with Crippen LogP contribution in [-0.4, -0.2) is 76.1 Å².